The summed E-state index contributed by atoms with van der Waals surface area (Å²) in [5, 5.41) is 0. The lowest BCUT2D eigenvalue weighted by Crippen LogP contribution is -2.47. The van der Waals surface area contributed by atoms with Crippen molar-refractivity contribution in [3.63, 3.8) is 0 Å². The minimum atomic E-state index is 0.822. The smallest absolute Gasteiger partial charge is 0.227 e. The molecule has 0 aliphatic carbocycles. The number of piperazine rings is 1. The molecule has 7 heteroatoms. The fraction of sp³-hybridized carbons (Fsp3) is 0.556. The Kier molecular flexibility index (Phi) is 4.38. The first kappa shape index (κ1) is 16.1. The van der Waals surface area contributed by atoms with Crippen LogP contribution < -0.4 is 14.7 Å². The summed E-state index contributed by atoms with van der Waals surface area (Å²) < 4.78 is 0. The quantitative estimate of drug-likeness (QED) is 0.845. The first-order chi connectivity index (χ1) is 12.2. The second kappa shape index (κ2) is 6.82. The van der Waals surface area contributed by atoms with Gasteiger partial charge in [-0.15, -0.1) is 0 Å². The summed E-state index contributed by atoms with van der Waals surface area (Å²) in [6, 6.07) is 4.03. The van der Waals surface area contributed by atoms with E-state index in [1.807, 2.05) is 19.2 Å². The van der Waals surface area contributed by atoms with Crippen LogP contribution in [0.25, 0.3) is 0 Å². The number of hydrogen-bond acceptors (Lipinski definition) is 7. The molecule has 0 amide bonds. The first-order valence-electron chi connectivity index (χ1n) is 9.09. The summed E-state index contributed by atoms with van der Waals surface area (Å²) in [6.07, 6.45) is 4.34. The van der Waals surface area contributed by atoms with E-state index in [2.05, 4.69) is 42.6 Å². The van der Waals surface area contributed by atoms with Crippen LogP contribution in [-0.4, -0.2) is 59.2 Å². The van der Waals surface area contributed by atoms with Gasteiger partial charge in [-0.05, 0) is 32.8 Å². The van der Waals surface area contributed by atoms with Gasteiger partial charge < -0.3 is 14.7 Å². The molecule has 0 bridgehead atoms. The van der Waals surface area contributed by atoms with Crippen molar-refractivity contribution in [2.45, 2.75) is 26.7 Å². The molecular weight excluding hydrogens is 314 g/mol. The minimum absolute atomic E-state index is 0.822. The van der Waals surface area contributed by atoms with Crippen LogP contribution in [-0.2, 0) is 0 Å². The molecule has 0 unspecified atom stereocenters. The van der Waals surface area contributed by atoms with E-state index in [4.69, 9.17) is 4.98 Å². The molecular formula is C18H25N7. The molecule has 2 fully saturated rings. The topological polar surface area (TPSA) is 61.3 Å². The van der Waals surface area contributed by atoms with Gasteiger partial charge in [0.15, 0.2) is 0 Å². The van der Waals surface area contributed by atoms with Crippen LogP contribution in [0.4, 0.5) is 17.7 Å². The third-order valence-corrected chi connectivity index (χ3v) is 4.89. The SMILES string of the molecule is Cc1ccnc(N2CCN(c3nc(C)cc(N4CCCC4)n3)CC2)n1. The van der Waals surface area contributed by atoms with Crippen LogP contribution in [0, 0.1) is 13.8 Å². The summed E-state index contributed by atoms with van der Waals surface area (Å²) in [6.45, 7) is 9.83. The predicted molar refractivity (Wildman–Crippen MR) is 99.4 cm³/mol. The summed E-state index contributed by atoms with van der Waals surface area (Å²) in [7, 11) is 0. The van der Waals surface area contributed by atoms with Crippen molar-refractivity contribution in [3.05, 3.63) is 29.7 Å². The second-order valence-corrected chi connectivity index (χ2v) is 6.83. The van der Waals surface area contributed by atoms with Crippen molar-refractivity contribution < 1.29 is 0 Å². The molecule has 2 aromatic rings. The highest BCUT2D eigenvalue weighted by molar-refractivity contribution is 5.47. The predicted octanol–water partition coefficient (Wildman–Crippen LogP) is 1.81. The molecule has 0 N–H and O–H groups in total. The van der Waals surface area contributed by atoms with Gasteiger partial charge in [-0.25, -0.2) is 15.0 Å². The molecule has 2 aromatic heterocycles. The van der Waals surface area contributed by atoms with E-state index >= 15 is 0 Å². The average molecular weight is 339 g/mol. The van der Waals surface area contributed by atoms with Crippen molar-refractivity contribution in [1.29, 1.82) is 0 Å². The van der Waals surface area contributed by atoms with Gasteiger partial charge in [0, 0.05) is 62.9 Å². The van der Waals surface area contributed by atoms with E-state index < -0.39 is 0 Å². The van der Waals surface area contributed by atoms with Crippen LogP contribution in [0.1, 0.15) is 24.2 Å². The van der Waals surface area contributed by atoms with E-state index in [0.29, 0.717) is 0 Å². The molecule has 0 aromatic carbocycles. The molecule has 4 heterocycles. The Bertz CT molecular complexity index is 734. The van der Waals surface area contributed by atoms with Crippen LogP contribution in [0.3, 0.4) is 0 Å². The number of hydrogen-bond donors (Lipinski definition) is 0. The van der Waals surface area contributed by atoms with Gasteiger partial charge >= 0.3 is 0 Å². The number of aromatic nitrogens is 4. The normalized spacial score (nSPS) is 18.1. The van der Waals surface area contributed by atoms with Crippen LogP contribution >= 0.6 is 0 Å². The molecule has 0 atom stereocenters. The lowest BCUT2D eigenvalue weighted by molar-refractivity contribution is 0.626. The van der Waals surface area contributed by atoms with Crippen LogP contribution in [0.5, 0.6) is 0 Å². The van der Waals surface area contributed by atoms with Gasteiger partial charge in [0.1, 0.15) is 5.82 Å². The van der Waals surface area contributed by atoms with Crippen LogP contribution in [0.15, 0.2) is 18.3 Å². The summed E-state index contributed by atoms with van der Waals surface area (Å²) >= 11 is 0. The third-order valence-electron chi connectivity index (χ3n) is 4.89. The number of rotatable bonds is 3. The standard InChI is InChI=1S/C18H25N7/c1-14-5-6-19-17(20-14)24-9-11-25(12-10-24)18-21-15(2)13-16(22-18)23-7-3-4-8-23/h5-6,13H,3-4,7-12H2,1-2H3. The Balaban J connectivity index is 1.47. The molecule has 7 nitrogen and oxygen atoms in total. The molecule has 2 aliphatic heterocycles. The van der Waals surface area contributed by atoms with Gasteiger partial charge in [0.2, 0.25) is 11.9 Å². The van der Waals surface area contributed by atoms with E-state index in [1.165, 1.54) is 12.8 Å². The molecule has 4 rings (SSSR count). The Morgan fingerprint density at radius 2 is 1.36 bits per heavy atom. The second-order valence-electron chi connectivity index (χ2n) is 6.83. The van der Waals surface area contributed by atoms with Gasteiger partial charge in [-0.3, -0.25) is 0 Å². The van der Waals surface area contributed by atoms with Gasteiger partial charge in [0.25, 0.3) is 0 Å². The summed E-state index contributed by atoms with van der Waals surface area (Å²) in [5.74, 6) is 2.75. The molecule has 25 heavy (non-hydrogen) atoms. The average Bonchev–Trinajstić information content (AvgIpc) is 3.16. The highest BCUT2D eigenvalue weighted by atomic mass is 15.4. The van der Waals surface area contributed by atoms with Crippen LogP contribution in [0.2, 0.25) is 0 Å². The van der Waals surface area contributed by atoms with Crippen molar-refractivity contribution in [3.8, 4) is 0 Å². The Morgan fingerprint density at radius 1 is 0.720 bits per heavy atom. The fourth-order valence-electron chi connectivity index (χ4n) is 3.48. The van der Waals surface area contributed by atoms with E-state index in [-0.39, 0.29) is 0 Å². The fourth-order valence-corrected chi connectivity index (χ4v) is 3.48. The van der Waals surface area contributed by atoms with Crippen molar-refractivity contribution >= 4 is 17.7 Å². The zero-order valence-electron chi connectivity index (χ0n) is 15.0. The molecule has 0 saturated carbocycles. The monoisotopic (exact) mass is 339 g/mol. The highest BCUT2D eigenvalue weighted by Gasteiger charge is 2.22. The molecule has 132 valence electrons. The number of aryl methyl sites for hydroxylation is 2. The molecule has 0 radical (unpaired) electrons. The third kappa shape index (κ3) is 3.50. The van der Waals surface area contributed by atoms with E-state index in [1.54, 1.807) is 0 Å². The van der Waals surface area contributed by atoms with Gasteiger partial charge in [-0.1, -0.05) is 0 Å². The maximum atomic E-state index is 4.84. The molecule has 2 saturated heterocycles. The lowest BCUT2D eigenvalue weighted by atomic mass is 10.3. The Labute approximate surface area is 148 Å². The highest BCUT2D eigenvalue weighted by Crippen LogP contribution is 2.22. The zero-order chi connectivity index (χ0) is 17.2. The van der Waals surface area contributed by atoms with Crippen molar-refractivity contribution in [1.82, 2.24) is 19.9 Å². The Hall–Kier alpha value is -2.44. The summed E-state index contributed by atoms with van der Waals surface area (Å²) in [4.78, 5) is 25.3. The Morgan fingerprint density at radius 3 is 2.04 bits per heavy atom. The first-order valence-corrected chi connectivity index (χ1v) is 9.09. The zero-order valence-corrected chi connectivity index (χ0v) is 15.0. The molecule has 0 spiro atoms. The number of anilines is 3. The lowest BCUT2D eigenvalue weighted by Gasteiger charge is -2.35. The van der Waals surface area contributed by atoms with E-state index in [0.717, 1.165) is 68.4 Å². The molecule has 2 aliphatic rings. The largest absolute Gasteiger partial charge is 0.356 e. The van der Waals surface area contributed by atoms with Gasteiger partial charge in [-0.2, -0.15) is 4.98 Å². The maximum Gasteiger partial charge on any atom is 0.227 e. The summed E-state index contributed by atoms with van der Waals surface area (Å²) in [5.41, 5.74) is 2.04. The van der Waals surface area contributed by atoms with Gasteiger partial charge in [0.05, 0.1) is 0 Å². The number of nitrogens with zero attached hydrogens (tertiary/aromatic N) is 7. The van der Waals surface area contributed by atoms with Crippen molar-refractivity contribution in [2.75, 3.05) is 54.0 Å². The van der Waals surface area contributed by atoms with Crippen molar-refractivity contribution in [2.24, 2.45) is 0 Å². The van der Waals surface area contributed by atoms with E-state index in [9.17, 15) is 0 Å². The maximum absolute atomic E-state index is 4.84. The minimum Gasteiger partial charge on any atom is -0.356 e.